The molecule has 81 heavy (non-hydrogen) atoms. The summed E-state index contributed by atoms with van der Waals surface area (Å²) in [6.07, 6.45) is 5.07. The zero-order valence-corrected chi connectivity index (χ0v) is 48.6. The number of aromatic nitrogens is 2. The summed E-state index contributed by atoms with van der Waals surface area (Å²) in [5, 5.41) is 8.70. The lowest BCUT2D eigenvalue weighted by atomic mass is 9.95. The van der Waals surface area contributed by atoms with E-state index in [1.165, 1.54) is 13.0 Å². The molecule has 2 saturated heterocycles. The fourth-order valence-electron chi connectivity index (χ4n) is 10.3. The fourth-order valence-corrected chi connectivity index (χ4v) is 10.3. The molecule has 18 nitrogen and oxygen atoms in total. The normalized spacial score (nSPS) is 15.5. The second kappa shape index (κ2) is 27.5. The summed E-state index contributed by atoms with van der Waals surface area (Å²) in [6.45, 7) is 23.9. The molecule has 0 saturated carbocycles. The minimum absolute atomic E-state index is 0.00171. The summed E-state index contributed by atoms with van der Waals surface area (Å²) in [4.78, 5) is 88.7. The number of ketones is 1. The Hall–Kier alpha value is -7.93. The number of anilines is 7. The van der Waals surface area contributed by atoms with Gasteiger partial charge in [0.05, 0.1) is 36.6 Å². The summed E-state index contributed by atoms with van der Waals surface area (Å²) >= 11 is 0. The van der Waals surface area contributed by atoms with Gasteiger partial charge in [-0.05, 0) is 132 Å². The van der Waals surface area contributed by atoms with Gasteiger partial charge in [0.1, 0.15) is 36.3 Å². The van der Waals surface area contributed by atoms with Crippen molar-refractivity contribution in [3.8, 4) is 5.75 Å². The number of carbonyl (C=O) groups is 6. The number of aldehydes is 2. The first-order valence-electron chi connectivity index (χ1n) is 28.0. The predicted octanol–water partition coefficient (Wildman–Crippen LogP) is 9.26. The molecule has 5 aromatic rings. The highest BCUT2D eigenvalue weighted by Gasteiger charge is 2.35. The van der Waals surface area contributed by atoms with Crippen molar-refractivity contribution >= 4 is 76.3 Å². The molecule has 3 amide bonds. The van der Waals surface area contributed by atoms with E-state index < -0.39 is 5.60 Å². The van der Waals surface area contributed by atoms with Crippen molar-refractivity contribution in [2.45, 2.75) is 106 Å². The molecule has 0 bridgehead atoms. The van der Waals surface area contributed by atoms with Gasteiger partial charge in [0, 0.05) is 117 Å². The van der Waals surface area contributed by atoms with Gasteiger partial charge in [0.25, 0.3) is 0 Å². The van der Waals surface area contributed by atoms with Crippen LogP contribution in [0.4, 0.5) is 49.3 Å². The number of nitrogens with zero attached hydrogens (tertiary/aromatic N) is 7. The van der Waals surface area contributed by atoms with Crippen LogP contribution in [0.2, 0.25) is 0 Å². The number of benzene rings is 4. The lowest BCUT2D eigenvalue weighted by molar-refractivity contribution is -0.124. The van der Waals surface area contributed by atoms with E-state index in [4.69, 9.17) is 19.3 Å². The van der Waals surface area contributed by atoms with E-state index >= 15 is 4.39 Å². The van der Waals surface area contributed by atoms with Crippen molar-refractivity contribution < 1.29 is 42.6 Å². The van der Waals surface area contributed by atoms with Crippen molar-refractivity contribution in [2.24, 2.45) is 11.8 Å². The van der Waals surface area contributed by atoms with E-state index in [1.54, 1.807) is 24.1 Å². The lowest BCUT2D eigenvalue weighted by Crippen LogP contribution is -2.63. The number of rotatable bonds is 15. The molecule has 1 atom stereocenters. The van der Waals surface area contributed by atoms with E-state index in [0.717, 1.165) is 121 Å². The molecular weight excluding hydrogens is 1030 g/mol. The first-order chi connectivity index (χ1) is 38.7. The van der Waals surface area contributed by atoms with Crippen LogP contribution in [-0.2, 0) is 43.3 Å². The van der Waals surface area contributed by atoms with Crippen LogP contribution in [0.1, 0.15) is 99.6 Å². The smallest absolute Gasteiger partial charge is 0.415 e. The highest BCUT2D eigenvalue weighted by molar-refractivity contribution is 5.99. The number of Topliss-reactive ketones (excluding diaryl/α,β-unsaturated/α-hetero) is 1. The molecule has 9 rings (SSSR count). The molecule has 4 aliphatic rings. The van der Waals surface area contributed by atoms with Gasteiger partial charge in [0.2, 0.25) is 17.8 Å². The van der Waals surface area contributed by atoms with Gasteiger partial charge in [-0.15, -0.1) is 0 Å². The number of hydrogen-bond acceptors (Lipinski definition) is 15. The average molecular weight is 1110 g/mol. The van der Waals surface area contributed by atoms with Crippen LogP contribution in [0.3, 0.4) is 0 Å². The molecule has 3 N–H and O–H groups in total. The number of amides is 3. The van der Waals surface area contributed by atoms with E-state index in [-0.39, 0.29) is 47.8 Å². The van der Waals surface area contributed by atoms with E-state index in [9.17, 15) is 24.0 Å². The molecule has 1 unspecified atom stereocenters. The van der Waals surface area contributed by atoms with E-state index in [0.29, 0.717) is 61.7 Å². The maximum absolute atomic E-state index is 15.5. The van der Waals surface area contributed by atoms with Crippen molar-refractivity contribution in [2.75, 3.05) is 96.2 Å². The van der Waals surface area contributed by atoms with Crippen LogP contribution in [-0.4, -0.2) is 129 Å². The standard InChI is InChI=1S/C53H62FN9O5.C7H13NO2.C2H4O/c1-33(2)50(65)42-14-13-40(26-34(42)3)62-30-41(31-62)59-20-22-60(23-21-59)46-15-12-39(28-43(46)54)56-48(64)27-36-8-10-38(11-9-36)57-51-55-29-37-18-19-61(32-44(37)58-51)45-16-17-47-49(35(45)4)63(24-25-67-47)52(66)68-53(5,6)7;1-6(4-3-5-9)7(10)8-2;1-2-3/h8-17,26,28-29,33,41H,18-25,27,30-32H2,1-7H3,(H,56,64)(H,55,57,58);5-6H,3-4H2,1-2H3,(H,8,10);2H,1H3. The topological polar surface area (TPSA) is 199 Å². The molecular formula is C62H79FN10O8. The van der Waals surface area contributed by atoms with Gasteiger partial charge in [-0.3, -0.25) is 24.2 Å². The monoisotopic (exact) mass is 1110 g/mol. The quantitative estimate of drug-likeness (QED) is 0.0662. The Kier molecular flexibility index (Phi) is 20.6. The number of halogens is 1. The minimum atomic E-state index is -0.618. The highest BCUT2D eigenvalue weighted by Crippen LogP contribution is 2.42. The van der Waals surface area contributed by atoms with Crippen molar-refractivity contribution in [3.05, 3.63) is 118 Å². The molecule has 0 spiro atoms. The Bertz CT molecular complexity index is 3040. The van der Waals surface area contributed by atoms with Crippen molar-refractivity contribution in [1.82, 2.24) is 20.2 Å². The number of piperazine rings is 1. The Morgan fingerprint density at radius 2 is 1.54 bits per heavy atom. The molecule has 5 heterocycles. The van der Waals surface area contributed by atoms with Crippen LogP contribution in [0.25, 0.3) is 0 Å². The van der Waals surface area contributed by atoms with Gasteiger partial charge in [-0.25, -0.2) is 19.2 Å². The SMILES string of the molecule is CC=O.CNC(=O)C(C)CCC=O.Cc1cc(N2CC(N3CCN(c4ccc(NC(=O)Cc5ccc(Nc6ncc7c(n6)CN(c6ccc8c(c6C)N(C(=O)OC(C)(C)C)CCO8)CC7)cc5)cc4F)CC3)C2)ccc1C(=O)C(C)C. The number of ether oxygens (including phenoxy) is 2. The van der Waals surface area contributed by atoms with E-state index in [2.05, 4.69) is 52.7 Å². The fraction of sp³-hybridized carbons (Fsp3) is 0.452. The molecule has 0 aliphatic carbocycles. The van der Waals surface area contributed by atoms with Crippen LogP contribution < -0.4 is 40.3 Å². The predicted molar refractivity (Wildman–Crippen MR) is 316 cm³/mol. The zero-order valence-electron chi connectivity index (χ0n) is 48.6. The molecule has 4 aromatic carbocycles. The molecule has 2 fully saturated rings. The van der Waals surface area contributed by atoms with E-state index in [1.807, 2.05) is 104 Å². The van der Waals surface area contributed by atoms with Gasteiger partial charge < -0.3 is 49.7 Å². The minimum Gasteiger partial charge on any atom is -0.490 e. The van der Waals surface area contributed by atoms with Gasteiger partial charge in [-0.1, -0.05) is 32.9 Å². The lowest BCUT2D eigenvalue weighted by Gasteiger charge is -2.49. The largest absolute Gasteiger partial charge is 0.490 e. The van der Waals surface area contributed by atoms with Gasteiger partial charge in [0.15, 0.2) is 5.78 Å². The van der Waals surface area contributed by atoms with Gasteiger partial charge in [-0.2, -0.15) is 0 Å². The van der Waals surface area contributed by atoms with Crippen LogP contribution in [0.5, 0.6) is 5.75 Å². The first kappa shape index (κ1) is 60.7. The third-order valence-electron chi connectivity index (χ3n) is 14.7. The molecule has 432 valence electrons. The number of carbonyl (C=O) groups excluding carboxylic acids is 6. The Morgan fingerprint density at radius 1 is 0.852 bits per heavy atom. The third-order valence-corrected chi connectivity index (χ3v) is 14.7. The number of nitrogens with one attached hydrogen (secondary N) is 3. The van der Waals surface area contributed by atoms with Crippen molar-refractivity contribution in [1.29, 1.82) is 0 Å². The summed E-state index contributed by atoms with van der Waals surface area (Å²) < 4.78 is 27.2. The Morgan fingerprint density at radius 3 is 2.19 bits per heavy atom. The van der Waals surface area contributed by atoms with Crippen LogP contribution >= 0.6 is 0 Å². The van der Waals surface area contributed by atoms with Crippen LogP contribution in [0, 0.1) is 31.5 Å². The molecule has 1 aromatic heterocycles. The summed E-state index contributed by atoms with van der Waals surface area (Å²) in [5.41, 5.74) is 9.58. The second-order valence-electron chi connectivity index (χ2n) is 22.2. The number of aryl methyl sites for hydroxylation is 1. The Balaban J connectivity index is 0.000000652. The first-order valence-corrected chi connectivity index (χ1v) is 28.0. The Labute approximate surface area is 475 Å². The third kappa shape index (κ3) is 15.7. The number of hydrogen-bond donors (Lipinski definition) is 3. The maximum atomic E-state index is 15.5. The highest BCUT2D eigenvalue weighted by atomic mass is 19.1. The molecule has 19 heteroatoms. The van der Waals surface area contributed by atoms with Crippen LogP contribution in [0.15, 0.2) is 79.0 Å². The molecule has 0 radical (unpaired) electrons. The summed E-state index contributed by atoms with van der Waals surface area (Å²) in [7, 11) is 1.60. The van der Waals surface area contributed by atoms with Crippen molar-refractivity contribution in [3.63, 3.8) is 0 Å². The summed E-state index contributed by atoms with van der Waals surface area (Å²) in [5.74, 6) is 0.646. The average Bonchev–Trinajstić information content (AvgIpc) is 3.49. The molecule has 4 aliphatic heterocycles. The summed E-state index contributed by atoms with van der Waals surface area (Å²) in [6, 6.07) is 23.0. The second-order valence-corrected chi connectivity index (χ2v) is 22.2. The zero-order chi connectivity index (χ0) is 58.5. The number of fused-ring (bicyclic) bond motifs is 2. The van der Waals surface area contributed by atoms with Gasteiger partial charge >= 0.3 is 6.09 Å². The maximum Gasteiger partial charge on any atom is 0.415 e.